The molecule has 1 saturated carbocycles. The van der Waals surface area contributed by atoms with E-state index in [9.17, 15) is 9.59 Å². The minimum Gasteiger partial charge on any atom is -0.468 e. The highest BCUT2D eigenvalue weighted by Gasteiger charge is 2.69. The minimum atomic E-state index is -1.22. The number of carbonyl (C=O) groups is 2. The van der Waals surface area contributed by atoms with E-state index in [-0.39, 0.29) is 24.0 Å². The molecule has 1 aliphatic carbocycles. The summed E-state index contributed by atoms with van der Waals surface area (Å²) in [6.45, 7) is 2.77. The van der Waals surface area contributed by atoms with E-state index in [1.807, 2.05) is 6.92 Å². The van der Waals surface area contributed by atoms with Crippen LogP contribution in [0.3, 0.4) is 0 Å². The van der Waals surface area contributed by atoms with Gasteiger partial charge in [-0.2, -0.15) is 5.06 Å². The van der Waals surface area contributed by atoms with Gasteiger partial charge in [0.25, 0.3) is 0 Å². The van der Waals surface area contributed by atoms with E-state index in [2.05, 4.69) is 0 Å². The van der Waals surface area contributed by atoms with E-state index in [1.54, 1.807) is 5.06 Å². The normalized spacial score (nSPS) is 41.9. The summed E-state index contributed by atoms with van der Waals surface area (Å²) in [4.78, 5) is 30.4. The molecule has 5 atom stereocenters. The molecule has 19 heavy (non-hydrogen) atoms. The first-order chi connectivity index (χ1) is 9.04. The first-order valence-corrected chi connectivity index (χ1v) is 6.64. The zero-order chi connectivity index (χ0) is 13.8. The van der Waals surface area contributed by atoms with Crippen LogP contribution >= 0.6 is 0 Å². The zero-order valence-electron chi connectivity index (χ0n) is 11.4. The molecule has 4 rings (SSSR count). The average molecular weight is 269 g/mol. The van der Waals surface area contributed by atoms with Crippen LogP contribution in [0.2, 0.25) is 0 Å². The number of hydrogen-bond donors (Lipinski definition) is 0. The third-order valence-corrected chi connectivity index (χ3v) is 4.88. The number of rotatable bonds is 2. The summed E-state index contributed by atoms with van der Waals surface area (Å²) in [7, 11) is 2.63. The van der Waals surface area contributed by atoms with Gasteiger partial charge < -0.3 is 9.47 Å². The van der Waals surface area contributed by atoms with Crippen molar-refractivity contribution in [3.63, 3.8) is 0 Å². The number of esters is 2. The highest BCUT2D eigenvalue weighted by atomic mass is 16.7. The first kappa shape index (κ1) is 12.9. The summed E-state index contributed by atoms with van der Waals surface area (Å²) in [5.74, 6) is -0.535. The molecule has 0 spiro atoms. The maximum absolute atomic E-state index is 12.3. The van der Waals surface area contributed by atoms with E-state index in [1.165, 1.54) is 14.2 Å². The van der Waals surface area contributed by atoms with Crippen LogP contribution in [0, 0.1) is 17.3 Å². The molecule has 6 heteroatoms. The molecular weight excluding hydrogens is 250 g/mol. The fraction of sp³-hybridized carbons (Fsp3) is 0.846. The smallest absolute Gasteiger partial charge is 0.324 e. The number of ether oxygens (including phenoxy) is 2. The Kier molecular flexibility index (Phi) is 2.83. The molecule has 3 heterocycles. The maximum Gasteiger partial charge on any atom is 0.324 e. The molecule has 0 aromatic carbocycles. The predicted molar refractivity (Wildman–Crippen MR) is 63.7 cm³/mol. The van der Waals surface area contributed by atoms with Gasteiger partial charge in [0.15, 0.2) is 5.41 Å². The van der Waals surface area contributed by atoms with Crippen LogP contribution in [-0.4, -0.2) is 49.9 Å². The highest BCUT2D eigenvalue weighted by Crippen LogP contribution is 2.55. The van der Waals surface area contributed by atoms with Gasteiger partial charge in [-0.15, -0.1) is 0 Å². The molecule has 0 N–H and O–H groups in total. The topological polar surface area (TPSA) is 65.1 Å². The number of hydrogen-bond acceptors (Lipinski definition) is 6. The summed E-state index contributed by atoms with van der Waals surface area (Å²) < 4.78 is 9.81. The van der Waals surface area contributed by atoms with E-state index < -0.39 is 17.4 Å². The van der Waals surface area contributed by atoms with Crippen molar-refractivity contribution in [3.8, 4) is 0 Å². The fourth-order valence-electron chi connectivity index (χ4n) is 4.21. The Morgan fingerprint density at radius 3 is 2.42 bits per heavy atom. The lowest BCUT2D eigenvalue weighted by atomic mass is 9.58. The number of hydroxylamine groups is 2. The lowest BCUT2D eigenvalue weighted by molar-refractivity contribution is -0.224. The lowest BCUT2D eigenvalue weighted by Crippen LogP contribution is -2.65. The molecule has 2 unspecified atom stereocenters. The van der Waals surface area contributed by atoms with Crippen molar-refractivity contribution in [1.29, 1.82) is 0 Å². The van der Waals surface area contributed by atoms with Gasteiger partial charge in [-0.1, -0.05) is 0 Å². The molecule has 6 nitrogen and oxygen atoms in total. The van der Waals surface area contributed by atoms with E-state index in [0.29, 0.717) is 6.42 Å². The van der Waals surface area contributed by atoms with Crippen molar-refractivity contribution >= 4 is 11.9 Å². The number of carbonyl (C=O) groups excluding carboxylic acids is 2. The van der Waals surface area contributed by atoms with Gasteiger partial charge in [0.05, 0.1) is 26.4 Å². The molecule has 0 radical (unpaired) electrons. The Labute approximate surface area is 111 Å². The minimum absolute atomic E-state index is 0.0315. The van der Waals surface area contributed by atoms with Crippen LogP contribution in [0.1, 0.15) is 19.8 Å². The Morgan fingerprint density at radius 1 is 1.26 bits per heavy atom. The monoisotopic (exact) mass is 269 g/mol. The molecule has 106 valence electrons. The average Bonchev–Trinajstić information content (AvgIpc) is 2.67. The van der Waals surface area contributed by atoms with Crippen molar-refractivity contribution < 1.29 is 23.9 Å². The molecule has 0 aromatic rings. The molecule has 0 aromatic heterocycles. The van der Waals surface area contributed by atoms with Crippen molar-refractivity contribution in [2.75, 3.05) is 20.8 Å². The van der Waals surface area contributed by atoms with Gasteiger partial charge in [0.1, 0.15) is 0 Å². The zero-order valence-corrected chi connectivity index (χ0v) is 11.4. The molecular formula is C13H19NO5. The van der Waals surface area contributed by atoms with Gasteiger partial charge in [-0.25, -0.2) is 0 Å². The number of nitrogens with zero attached hydrogens (tertiary/aromatic N) is 1. The summed E-state index contributed by atoms with van der Waals surface area (Å²) in [5.41, 5.74) is -1.22. The van der Waals surface area contributed by atoms with Crippen molar-refractivity contribution in [1.82, 2.24) is 5.06 Å². The fourth-order valence-corrected chi connectivity index (χ4v) is 4.21. The second-order valence-corrected chi connectivity index (χ2v) is 5.78. The van der Waals surface area contributed by atoms with Gasteiger partial charge in [0.2, 0.25) is 0 Å². The summed E-state index contributed by atoms with van der Waals surface area (Å²) in [6.07, 6.45) is 1.53. The van der Waals surface area contributed by atoms with E-state index in [4.69, 9.17) is 14.3 Å². The van der Waals surface area contributed by atoms with Crippen LogP contribution in [-0.2, 0) is 23.9 Å². The third-order valence-electron chi connectivity index (χ3n) is 4.88. The SMILES string of the molecule is COC(=O)C1(C(=O)OC)C[C@@H]2C[C@@H]3C1N(C2)O[C@H]3C. The molecule has 4 fully saturated rings. The lowest BCUT2D eigenvalue weighted by Gasteiger charge is -2.51. The van der Waals surface area contributed by atoms with Gasteiger partial charge >= 0.3 is 11.9 Å². The number of fused-ring (bicyclic) bond motifs is 1. The quantitative estimate of drug-likeness (QED) is 0.533. The summed E-state index contributed by atoms with van der Waals surface area (Å²) in [6, 6.07) is -0.257. The Morgan fingerprint density at radius 2 is 1.89 bits per heavy atom. The molecule has 3 aliphatic heterocycles. The van der Waals surface area contributed by atoms with Gasteiger partial charge in [-0.3, -0.25) is 14.4 Å². The van der Waals surface area contributed by atoms with Crippen LogP contribution < -0.4 is 0 Å². The Bertz CT molecular complexity index is 405. The van der Waals surface area contributed by atoms with Crippen LogP contribution in [0.4, 0.5) is 0 Å². The van der Waals surface area contributed by atoms with Crippen LogP contribution in [0.5, 0.6) is 0 Å². The van der Waals surface area contributed by atoms with Crippen molar-refractivity contribution in [2.24, 2.45) is 17.3 Å². The first-order valence-electron chi connectivity index (χ1n) is 6.64. The second kappa shape index (κ2) is 4.18. The van der Waals surface area contributed by atoms with Crippen LogP contribution in [0.15, 0.2) is 0 Å². The highest BCUT2D eigenvalue weighted by molar-refractivity contribution is 6.01. The van der Waals surface area contributed by atoms with Crippen molar-refractivity contribution in [2.45, 2.75) is 31.9 Å². The molecule has 4 bridgehead atoms. The summed E-state index contributed by atoms with van der Waals surface area (Å²) in [5, 5.41) is 1.81. The number of methoxy groups -OCH3 is 2. The Balaban J connectivity index is 2.06. The van der Waals surface area contributed by atoms with Gasteiger partial charge in [-0.05, 0) is 25.7 Å². The molecule has 4 aliphatic rings. The predicted octanol–water partition coefficient (Wildman–Crippen LogP) is 0.363. The second-order valence-electron chi connectivity index (χ2n) is 5.78. The van der Waals surface area contributed by atoms with Crippen LogP contribution in [0.25, 0.3) is 0 Å². The largest absolute Gasteiger partial charge is 0.468 e. The van der Waals surface area contributed by atoms with E-state index in [0.717, 1.165) is 13.0 Å². The summed E-state index contributed by atoms with van der Waals surface area (Å²) >= 11 is 0. The third kappa shape index (κ3) is 1.50. The number of piperidine rings is 2. The maximum atomic E-state index is 12.3. The molecule has 0 amide bonds. The van der Waals surface area contributed by atoms with E-state index >= 15 is 0 Å². The molecule has 3 saturated heterocycles. The standard InChI is InChI=1S/C13H19NO5/c1-7-9-4-8-5-13(11(15)17-2,12(16)18-3)10(9)14(6-8)19-7/h7-10H,4-6H2,1-3H3/t7-,8-,9-,10?/m0/s1. The van der Waals surface area contributed by atoms with Crippen molar-refractivity contribution in [3.05, 3.63) is 0 Å². The Hall–Kier alpha value is -1.14. The van der Waals surface area contributed by atoms with Gasteiger partial charge in [0, 0.05) is 12.5 Å².